The van der Waals surface area contributed by atoms with Crippen LogP contribution in [0.5, 0.6) is 5.88 Å². The van der Waals surface area contributed by atoms with Crippen molar-refractivity contribution in [2.24, 2.45) is 0 Å². The monoisotopic (exact) mass is 332 g/mol. The number of rotatable bonds is 6. The minimum atomic E-state index is -0.0656. The molecular formula is C18H28N4O2. The molecule has 0 atom stereocenters. The highest BCUT2D eigenvalue weighted by Crippen LogP contribution is 2.18. The fraction of sp³-hybridized carbons (Fsp3) is 0.556. The summed E-state index contributed by atoms with van der Waals surface area (Å²) in [5, 5.41) is 7.69. The third-order valence-corrected chi connectivity index (χ3v) is 3.92. The molecule has 0 fully saturated rings. The minimum Gasteiger partial charge on any atom is -0.472 e. The molecule has 24 heavy (non-hydrogen) atoms. The topological polar surface area (TPSA) is 59.4 Å². The Balaban J connectivity index is 1.93. The van der Waals surface area contributed by atoms with Crippen molar-refractivity contribution in [1.82, 2.24) is 20.0 Å². The van der Waals surface area contributed by atoms with Crippen molar-refractivity contribution < 1.29 is 9.53 Å². The number of aromatic nitrogens is 2. The summed E-state index contributed by atoms with van der Waals surface area (Å²) in [5.74, 6) is 0.705. The molecule has 0 radical (unpaired) electrons. The summed E-state index contributed by atoms with van der Waals surface area (Å²) >= 11 is 0. The van der Waals surface area contributed by atoms with Crippen LogP contribution in [0.3, 0.4) is 0 Å². The van der Waals surface area contributed by atoms with Gasteiger partial charge in [-0.3, -0.25) is 9.48 Å². The van der Waals surface area contributed by atoms with Gasteiger partial charge in [0.25, 0.3) is 0 Å². The largest absolute Gasteiger partial charge is 0.472 e. The van der Waals surface area contributed by atoms with Crippen molar-refractivity contribution in [2.45, 2.75) is 46.3 Å². The Morgan fingerprint density at radius 2 is 2.21 bits per heavy atom. The van der Waals surface area contributed by atoms with E-state index in [2.05, 4.69) is 37.8 Å². The highest BCUT2D eigenvalue weighted by molar-refractivity contribution is 5.78. The van der Waals surface area contributed by atoms with Crippen LogP contribution < -0.4 is 10.1 Å². The van der Waals surface area contributed by atoms with Gasteiger partial charge in [-0.1, -0.05) is 18.7 Å². The van der Waals surface area contributed by atoms with Crippen LogP contribution in [0.1, 0.15) is 33.4 Å². The number of amides is 1. The number of nitrogens with zero attached hydrogens (tertiary/aromatic N) is 3. The Bertz CT molecular complexity index is 625. The quantitative estimate of drug-likeness (QED) is 0.811. The van der Waals surface area contributed by atoms with Gasteiger partial charge >= 0.3 is 0 Å². The molecule has 1 aromatic rings. The summed E-state index contributed by atoms with van der Waals surface area (Å²) in [6.45, 7) is 14.6. The molecule has 1 aromatic heterocycles. The molecule has 0 saturated carbocycles. The van der Waals surface area contributed by atoms with E-state index in [-0.39, 0.29) is 11.4 Å². The molecule has 0 bridgehead atoms. The number of allylic oxidation sites excluding steroid dienone is 1. The third kappa shape index (κ3) is 4.96. The van der Waals surface area contributed by atoms with Crippen LogP contribution in [-0.2, 0) is 17.9 Å². The number of fused-ring (bicyclic) bond motifs is 1. The first-order valence-electron chi connectivity index (χ1n) is 8.32. The lowest BCUT2D eigenvalue weighted by atomic mass is 10.1. The second kappa shape index (κ2) is 7.66. The van der Waals surface area contributed by atoms with Crippen LogP contribution in [0.4, 0.5) is 0 Å². The molecule has 6 nitrogen and oxygen atoms in total. The van der Waals surface area contributed by atoms with Gasteiger partial charge in [-0.25, -0.2) is 0 Å². The van der Waals surface area contributed by atoms with Gasteiger partial charge in [0.15, 0.2) is 0 Å². The van der Waals surface area contributed by atoms with E-state index in [1.54, 1.807) is 6.08 Å². The maximum absolute atomic E-state index is 12.3. The highest BCUT2D eigenvalue weighted by atomic mass is 16.5. The van der Waals surface area contributed by atoms with E-state index in [0.29, 0.717) is 38.7 Å². The molecule has 1 aliphatic rings. The molecular weight excluding hydrogens is 304 g/mol. The number of ether oxygens (including phenoxy) is 1. The molecule has 2 heterocycles. The van der Waals surface area contributed by atoms with Gasteiger partial charge < -0.3 is 15.0 Å². The predicted molar refractivity (Wildman–Crippen MR) is 94.8 cm³/mol. The Hall–Kier alpha value is -2.08. The van der Waals surface area contributed by atoms with Crippen molar-refractivity contribution in [3.05, 3.63) is 36.1 Å². The lowest BCUT2D eigenvalue weighted by Gasteiger charge is -2.29. The lowest BCUT2D eigenvalue weighted by Crippen LogP contribution is -2.47. The summed E-state index contributed by atoms with van der Waals surface area (Å²) in [4.78, 5) is 14.2. The summed E-state index contributed by atoms with van der Waals surface area (Å²) in [5.41, 5.74) is 1.95. The molecule has 0 aliphatic carbocycles. The Morgan fingerprint density at radius 1 is 1.46 bits per heavy atom. The van der Waals surface area contributed by atoms with Gasteiger partial charge in [-0.05, 0) is 33.3 Å². The lowest BCUT2D eigenvalue weighted by molar-refractivity contribution is -0.132. The van der Waals surface area contributed by atoms with E-state index >= 15 is 0 Å². The fourth-order valence-electron chi connectivity index (χ4n) is 2.39. The maximum Gasteiger partial charge on any atom is 0.236 e. The van der Waals surface area contributed by atoms with Gasteiger partial charge in [0.1, 0.15) is 6.61 Å². The summed E-state index contributed by atoms with van der Waals surface area (Å²) in [6, 6.07) is 1.91. The van der Waals surface area contributed by atoms with Gasteiger partial charge in [0.2, 0.25) is 11.8 Å². The normalized spacial score (nSPS) is 15.2. The molecule has 6 heteroatoms. The second-order valence-corrected chi connectivity index (χ2v) is 6.97. The molecule has 0 saturated heterocycles. The number of carbonyl (C=O) groups excluding carboxylic acids is 1. The first kappa shape index (κ1) is 18.3. The van der Waals surface area contributed by atoms with Crippen molar-refractivity contribution in [1.29, 1.82) is 0 Å². The van der Waals surface area contributed by atoms with E-state index in [1.165, 1.54) is 0 Å². The molecule has 0 unspecified atom stereocenters. The molecule has 1 N–H and O–H groups in total. The number of nitrogens with one attached hydrogen (secondary N) is 1. The van der Waals surface area contributed by atoms with Gasteiger partial charge in [0, 0.05) is 18.2 Å². The van der Waals surface area contributed by atoms with Crippen LogP contribution in [0.2, 0.25) is 0 Å². The van der Waals surface area contributed by atoms with E-state index in [1.807, 2.05) is 28.6 Å². The van der Waals surface area contributed by atoms with Crippen molar-refractivity contribution in [3.8, 4) is 5.88 Å². The van der Waals surface area contributed by atoms with Crippen molar-refractivity contribution in [3.63, 3.8) is 0 Å². The summed E-state index contributed by atoms with van der Waals surface area (Å²) in [7, 11) is 0. The SMILES string of the molecule is C=C/C(=C\C)COc1cc2n(n1)CCN(C(=O)CNC(C)(C)C)C2. The first-order chi connectivity index (χ1) is 11.3. The highest BCUT2D eigenvalue weighted by Gasteiger charge is 2.23. The number of hydrogen-bond donors (Lipinski definition) is 1. The average molecular weight is 332 g/mol. The summed E-state index contributed by atoms with van der Waals surface area (Å²) in [6.07, 6.45) is 3.74. The maximum atomic E-state index is 12.3. The first-order valence-corrected chi connectivity index (χ1v) is 8.32. The van der Waals surface area contributed by atoms with Crippen LogP contribution in [0.25, 0.3) is 0 Å². The fourth-order valence-corrected chi connectivity index (χ4v) is 2.39. The van der Waals surface area contributed by atoms with Crippen LogP contribution in [0, 0.1) is 0 Å². The van der Waals surface area contributed by atoms with Gasteiger partial charge in [-0.15, -0.1) is 5.10 Å². The second-order valence-electron chi connectivity index (χ2n) is 6.97. The van der Waals surface area contributed by atoms with Crippen LogP contribution in [-0.4, -0.2) is 45.8 Å². The molecule has 1 aliphatic heterocycles. The zero-order chi connectivity index (χ0) is 17.7. The van der Waals surface area contributed by atoms with Gasteiger partial charge in [-0.2, -0.15) is 0 Å². The third-order valence-electron chi connectivity index (χ3n) is 3.92. The average Bonchev–Trinajstić information content (AvgIpc) is 2.94. The molecule has 132 valence electrons. The molecule has 2 rings (SSSR count). The standard InChI is InChI=1S/C18H28N4O2/c1-6-14(7-2)13-24-16-10-15-12-21(8-9-22(15)20-16)17(23)11-19-18(3,4)5/h6-7,10,19H,1,8-9,11-13H2,2-5H3/b14-7+. The Labute approximate surface area is 144 Å². The van der Waals surface area contributed by atoms with Gasteiger partial charge in [0.05, 0.1) is 25.3 Å². The molecule has 0 spiro atoms. The van der Waals surface area contributed by atoms with E-state index in [9.17, 15) is 4.79 Å². The minimum absolute atomic E-state index is 0.0656. The van der Waals surface area contributed by atoms with E-state index in [0.717, 1.165) is 11.3 Å². The van der Waals surface area contributed by atoms with Crippen LogP contribution >= 0.6 is 0 Å². The molecule has 0 aromatic carbocycles. The van der Waals surface area contributed by atoms with E-state index < -0.39 is 0 Å². The summed E-state index contributed by atoms with van der Waals surface area (Å²) < 4.78 is 7.62. The van der Waals surface area contributed by atoms with Crippen molar-refractivity contribution in [2.75, 3.05) is 19.7 Å². The number of carbonyl (C=O) groups is 1. The van der Waals surface area contributed by atoms with E-state index in [4.69, 9.17) is 4.74 Å². The van der Waals surface area contributed by atoms with Crippen LogP contribution in [0.15, 0.2) is 30.4 Å². The predicted octanol–water partition coefficient (Wildman–Crippen LogP) is 2.12. The Kier molecular flexibility index (Phi) is 5.83. The Morgan fingerprint density at radius 3 is 2.83 bits per heavy atom. The zero-order valence-corrected chi connectivity index (χ0v) is 15.1. The smallest absolute Gasteiger partial charge is 0.236 e. The zero-order valence-electron chi connectivity index (χ0n) is 15.1. The molecule has 1 amide bonds. The van der Waals surface area contributed by atoms with Crippen molar-refractivity contribution >= 4 is 5.91 Å². The number of hydrogen-bond acceptors (Lipinski definition) is 4.